The molecule has 15 heavy (non-hydrogen) atoms. The van der Waals surface area contributed by atoms with Crippen LogP contribution >= 0.6 is 0 Å². The summed E-state index contributed by atoms with van der Waals surface area (Å²) >= 11 is 0. The fraction of sp³-hybridized carbons (Fsp3) is 0.500. The van der Waals surface area contributed by atoms with Gasteiger partial charge in [-0.05, 0) is 40.1 Å². The lowest BCUT2D eigenvalue weighted by atomic mass is 10.1. The van der Waals surface area contributed by atoms with E-state index in [2.05, 4.69) is 4.98 Å². The van der Waals surface area contributed by atoms with Gasteiger partial charge in [-0.2, -0.15) is 0 Å². The van der Waals surface area contributed by atoms with Crippen LogP contribution in [0.25, 0.3) is 0 Å². The van der Waals surface area contributed by atoms with Crippen molar-refractivity contribution in [2.45, 2.75) is 20.3 Å². The molecule has 3 nitrogen and oxygen atoms in total. The largest absolute Gasteiger partial charge is 0.309 e. The van der Waals surface area contributed by atoms with Crippen LogP contribution in [-0.4, -0.2) is 36.3 Å². The molecule has 0 aromatic carbocycles. The van der Waals surface area contributed by atoms with E-state index in [1.54, 1.807) is 0 Å². The second kappa shape index (κ2) is 5.03. The molecule has 0 spiro atoms. The Kier molecular flexibility index (Phi) is 3.97. The summed E-state index contributed by atoms with van der Waals surface area (Å²) in [6, 6.07) is 3.70. The molecule has 0 fully saturated rings. The summed E-state index contributed by atoms with van der Waals surface area (Å²) in [5, 5.41) is 0. The van der Waals surface area contributed by atoms with Crippen molar-refractivity contribution in [3.8, 4) is 0 Å². The van der Waals surface area contributed by atoms with Crippen molar-refractivity contribution in [3.05, 3.63) is 29.1 Å². The number of pyridine rings is 1. The van der Waals surface area contributed by atoms with Crippen molar-refractivity contribution >= 4 is 5.78 Å². The molecule has 0 aliphatic carbocycles. The highest BCUT2D eigenvalue weighted by Crippen LogP contribution is 2.07. The van der Waals surface area contributed by atoms with Crippen molar-refractivity contribution in [2.75, 3.05) is 20.6 Å². The van der Waals surface area contributed by atoms with Gasteiger partial charge in [0.1, 0.15) is 0 Å². The van der Waals surface area contributed by atoms with Crippen LogP contribution in [0.5, 0.6) is 0 Å². The molecule has 0 N–H and O–H groups in total. The third-order valence-electron chi connectivity index (χ3n) is 2.19. The van der Waals surface area contributed by atoms with Crippen molar-refractivity contribution in [1.29, 1.82) is 0 Å². The van der Waals surface area contributed by atoms with E-state index in [1.165, 1.54) is 0 Å². The second-order valence-corrected chi connectivity index (χ2v) is 4.12. The molecule has 0 saturated carbocycles. The van der Waals surface area contributed by atoms with Crippen molar-refractivity contribution in [3.63, 3.8) is 0 Å². The SMILES string of the molecule is Cc1cc(C(=O)CCN(C)C)cc(C)n1. The first-order valence-electron chi connectivity index (χ1n) is 5.12. The summed E-state index contributed by atoms with van der Waals surface area (Å²) in [6.45, 7) is 4.62. The van der Waals surface area contributed by atoms with Crippen molar-refractivity contribution < 1.29 is 4.79 Å². The Labute approximate surface area is 91.1 Å². The van der Waals surface area contributed by atoms with Crippen LogP contribution in [-0.2, 0) is 0 Å². The van der Waals surface area contributed by atoms with Gasteiger partial charge in [0, 0.05) is 29.9 Å². The Balaban J connectivity index is 2.73. The summed E-state index contributed by atoms with van der Waals surface area (Å²) in [5.74, 6) is 0.192. The van der Waals surface area contributed by atoms with E-state index in [1.807, 2.05) is 45.0 Å². The van der Waals surface area contributed by atoms with Gasteiger partial charge in [-0.3, -0.25) is 9.78 Å². The van der Waals surface area contributed by atoms with Gasteiger partial charge in [0.05, 0.1) is 0 Å². The number of hydrogen-bond donors (Lipinski definition) is 0. The van der Waals surface area contributed by atoms with E-state index in [9.17, 15) is 4.79 Å². The monoisotopic (exact) mass is 206 g/mol. The van der Waals surface area contributed by atoms with Crippen LogP contribution in [0.4, 0.5) is 0 Å². The summed E-state index contributed by atoms with van der Waals surface area (Å²) in [6.07, 6.45) is 0.565. The van der Waals surface area contributed by atoms with Crippen LogP contribution in [0.2, 0.25) is 0 Å². The lowest BCUT2D eigenvalue weighted by Gasteiger charge is -2.08. The minimum Gasteiger partial charge on any atom is -0.309 e. The molecular formula is C12H18N2O. The third-order valence-corrected chi connectivity index (χ3v) is 2.19. The van der Waals surface area contributed by atoms with E-state index in [0.717, 1.165) is 23.5 Å². The van der Waals surface area contributed by atoms with Crippen LogP contribution in [0, 0.1) is 13.8 Å². The number of aryl methyl sites for hydroxylation is 2. The van der Waals surface area contributed by atoms with E-state index in [0.29, 0.717) is 6.42 Å². The Morgan fingerprint density at radius 2 is 1.80 bits per heavy atom. The Morgan fingerprint density at radius 3 is 2.27 bits per heavy atom. The number of carbonyl (C=O) groups is 1. The molecule has 3 heteroatoms. The Bertz CT molecular complexity index is 338. The quantitative estimate of drug-likeness (QED) is 0.705. The van der Waals surface area contributed by atoms with Gasteiger partial charge in [0.2, 0.25) is 0 Å². The minimum atomic E-state index is 0.192. The molecule has 0 aliphatic rings. The zero-order chi connectivity index (χ0) is 11.4. The standard InChI is InChI=1S/C12H18N2O/c1-9-7-11(8-10(2)13-9)12(15)5-6-14(3)4/h7-8H,5-6H2,1-4H3. The van der Waals surface area contributed by atoms with E-state index >= 15 is 0 Å². The van der Waals surface area contributed by atoms with Gasteiger partial charge in [-0.25, -0.2) is 0 Å². The molecule has 0 aliphatic heterocycles. The molecule has 1 heterocycles. The average molecular weight is 206 g/mol. The molecule has 1 aromatic heterocycles. The molecular weight excluding hydrogens is 188 g/mol. The lowest BCUT2D eigenvalue weighted by molar-refractivity contribution is 0.0972. The van der Waals surface area contributed by atoms with Crippen LogP contribution in [0.15, 0.2) is 12.1 Å². The number of nitrogens with zero attached hydrogens (tertiary/aromatic N) is 2. The number of ketones is 1. The van der Waals surface area contributed by atoms with Crippen molar-refractivity contribution in [2.24, 2.45) is 0 Å². The summed E-state index contributed by atoms with van der Waals surface area (Å²) in [4.78, 5) is 18.1. The highest BCUT2D eigenvalue weighted by Gasteiger charge is 2.07. The van der Waals surface area contributed by atoms with Gasteiger partial charge in [0.25, 0.3) is 0 Å². The average Bonchev–Trinajstić information content (AvgIpc) is 2.12. The highest BCUT2D eigenvalue weighted by atomic mass is 16.1. The number of Topliss-reactive ketones (excluding diaryl/α,β-unsaturated/α-hetero) is 1. The number of hydrogen-bond acceptors (Lipinski definition) is 3. The zero-order valence-corrected chi connectivity index (χ0v) is 9.87. The smallest absolute Gasteiger partial charge is 0.164 e. The van der Waals surface area contributed by atoms with E-state index in [-0.39, 0.29) is 5.78 Å². The predicted octanol–water partition coefficient (Wildman–Crippen LogP) is 1.83. The van der Waals surface area contributed by atoms with Gasteiger partial charge < -0.3 is 4.90 Å². The number of carbonyl (C=O) groups excluding carboxylic acids is 1. The molecule has 0 saturated heterocycles. The summed E-state index contributed by atoms with van der Waals surface area (Å²) in [7, 11) is 3.94. The molecule has 0 amide bonds. The molecule has 82 valence electrons. The molecule has 0 unspecified atom stereocenters. The fourth-order valence-electron chi connectivity index (χ4n) is 1.46. The molecule has 1 aromatic rings. The number of rotatable bonds is 4. The van der Waals surface area contributed by atoms with Gasteiger partial charge in [0.15, 0.2) is 5.78 Å². The normalized spacial score (nSPS) is 10.7. The maximum Gasteiger partial charge on any atom is 0.164 e. The Hall–Kier alpha value is -1.22. The molecule has 0 atom stereocenters. The predicted molar refractivity (Wildman–Crippen MR) is 61.2 cm³/mol. The van der Waals surface area contributed by atoms with Crippen LogP contribution in [0.3, 0.4) is 0 Å². The van der Waals surface area contributed by atoms with Gasteiger partial charge in [-0.1, -0.05) is 0 Å². The molecule has 0 bridgehead atoms. The molecule has 1 rings (SSSR count). The first-order chi connectivity index (χ1) is 6.99. The van der Waals surface area contributed by atoms with Crippen LogP contribution in [0.1, 0.15) is 28.2 Å². The summed E-state index contributed by atoms with van der Waals surface area (Å²) in [5.41, 5.74) is 2.59. The first kappa shape index (κ1) is 11.9. The lowest BCUT2D eigenvalue weighted by Crippen LogP contribution is -2.16. The zero-order valence-electron chi connectivity index (χ0n) is 9.87. The fourth-order valence-corrected chi connectivity index (χ4v) is 1.46. The topological polar surface area (TPSA) is 33.2 Å². The Morgan fingerprint density at radius 1 is 1.27 bits per heavy atom. The maximum atomic E-state index is 11.8. The maximum absolute atomic E-state index is 11.8. The van der Waals surface area contributed by atoms with E-state index in [4.69, 9.17) is 0 Å². The highest BCUT2D eigenvalue weighted by molar-refractivity contribution is 5.96. The van der Waals surface area contributed by atoms with E-state index < -0.39 is 0 Å². The third kappa shape index (κ3) is 3.80. The van der Waals surface area contributed by atoms with Gasteiger partial charge in [-0.15, -0.1) is 0 Å². The van der Waals surface area contributed by atoms with Gasteiger partial charge >= 0.3 is 0 Å². The van der Waals surface area contributed by atoms with Crippen molar-refractivity contribution in [1.82, 2.24) is 9.88 Å². The molecule has 0 radical (unpaired) electrons. The van der Waals surface area contributed by atoms with Crippen LogP contribution < -0.4 is 0 Å². The number of aromatic nitrogens is 1. The summed E-state index contributed by atoms with van der Waals surface area (Å²) < 4.78 is 0. The minimum absolute atomic E-state index is 0.192. The first-order valence-corrected chi connectivity index (χ1v) is 5.12. The second-order valence-electron chi connectivity index (χ2n) is 4.12.